The number of nitrogens with zero attached hydrogens (tertiary/aromatic N) is 3. The van der Waals surface area contributed by atoms with Gasteiger partial charge in [-0.2, -0.15) is 0 Å². The fourth-order valence-corrected chi connectivity index (χ4v) is 4.69. The molecule has 0 spiro atoms. The van der Waals surface area contributed by atoms with E-state index in [4.69, 9.17) is 0 Å². The molecule has 0 saturated heterocycles. The van der Waals surface area contributed by atoms with Crippen molar-refractivity contribution in [2.75, 3.05) is 4.90 Å². The predicted molar refractivity (Wildman–Crippen MR) is 132 cm³/mol. The van der Waals surface area contributed by atoms with Gasteiger partial charge in [-0.1, -0.05) is 60.7 Å². The number of aryl methyl sites for hydroxylation is 1. The number of allylic oxidation sites excluding steroid dienone is 2. The van der Waals surface area contributed by atoms with Crippen LogP contribution in [0.15, 0.2) is 95.5 Å². The summed E-state index contributed by atoms with van der Waals surface area (Å²) in [6.07, 6.45) is 9.13. The maximum Gasteiger partial charge on any atom is 0.124 e. The van der Waals surface area contributed by atoms with E-state index in [1.54, 1.807) is 6.20 Å². The topological polar surface area (TPSA) is 29.0 Å². The first-order valence-corrected chi connectivity index (χ1v) is 11.5. The van der Waals surface area contributed by atoms with Crippen LogP contribution in [0.25, 0.3) is 10.8 Å². The molecule has 0 bridgehead atoms. The van der Waals surface area contributed by atoms with Gasteiger partial charge in [0.1, 0.15) is 4.60 Å². The van der Waals surface area contributed by atoms with E-state index >= 15 is 0 Å². The minimum Gasteiger partial charge on any atom is -0.314 e. The van der Waals surface area contributed by atoms with Gasteiger partial charge in [0.2, 0.25) is 0 Å². The minimum atomic E-state index is 0.413. The molecular weight excluding hydrogens is 446 g/mol. The summed E-state index contributed by atoms with van der Waals surface area (Å²) in [4.78, 5) is 11.4. The van der Waals surface area contributed by atoms with Crippen molar-refractivity contribution in [2.45, 2.75) is 32.1 Å². The first-order valence-electron chi connectivity index (χ1n) is 10.7. The standard InChI is InChI=1S/C27H24BrN3/c1-19-7-2-5-11-25(19)31(26-12-6-9-20-8-3-4-10-23(20)26)22-15-13-21(14-16-22)24-17-30-27(28)18-29-24/h2-12,15,17-18,21H,13-14,16H2,1H3. The van der Waals surface area contributed by atoms with E-state index in [-0.39, 0.29) is 0 Å². The molecule has 1 heterocycles. The Hall–Kier alpha value is -2.98. The van der Waals surface area contributed by atoms with Gasteiger partial charge in [0.25, 0.3) is 0 Å². The van der Waals surface area contributed by atoms with Gasteiger partial charge in [-0.15, -0.1) is 0 Å². The monoisotopic (exact) mass is 469 g/mol. The number of hydrogen-bond donors (Lipinski definition) is 0. The number of para-hydroxylation sites is 1. The van der Waals surface area contributed by atoms with Crippen LogP contribution in [-0.4, -0.2) is 9.97 Å². The van der Waals surface area contributed by atoms with Crippen molar-refractivity contribution in [2.24, 2.45) is 0 Å². The molecule has 1 aromatic heterocycles. The van der Waals surface area contributed by atoms with E-state index in [1.807, 2.05) is 6.20 Å². The smallest absolute Gasteiger partial charge is 0.124 e. The third kappa shape index (κ3) is 4.00. The number of hydrogen-bond acceptors (Lipinski definition) is 3. The van der Waals surface area contributed by atoms with Gasteiger partial charge < -0.3 is 4.90 Å². The van der Waals surface area contributed by atoms with Crippen molar-refractivity contribution in [3.63, 3.8) is 0 Å². The average Bonchev–Trinajstić information content (AvgIpc) is 2.82. The van der Waals surface area contributed by atoms with Gasteiger partial charge in [-0.3, -0.25) is 4.98 Å². The van der Waals surface area contributed by atoms with Crippen LogP contribution in [-0.2, 0) is 0 Å². The zero-order valence-corrected chi connectivity index (χ0v) is 19.1. The van der Waals surface area contributed by atoms with Crippen LogP contribution in [0.1, 0.15) is 36.4 Å². The Balaban J connectivity index is 1.57. The fraction of sp³-hybridized carbons (Fsp3) is 0.185. The molecule has 0 fully saturated rings. The maximum atomic E-state index is 4.59. The highest BCUT2D eigenvalue weighted by atomic mass is 79.9. The van der Waals surface area contributed by atoms with E-state index in [2.05, 4.69) is 111 Å². The van der Waals surface area contributed by atoms with E-state index in [9.17, 15) is 0 Å². The summed E-state index contributed by atoms with van der Waals surface area (Å²) in [6, 6.07) is 23.9. The SMILES string of the molecule is Cc1ccccc1N(C1=CCC(c2cnc(Br)cn2)CC1)c1cccc2ccccc12. The van der Waals surface area contributed by atoms with Crippen molar-refractivity contribution in [3.8, 4) is 0 Å². The summed E-state index contributed by atoms with van der Waals surface area (Å²) in [5.41, 5.74) is 6.18. The lowest BCUT2D eigenvalue weighted by Crippen LogP contribution is -2.21. The average molecular weight is 470 g/mol. The third-order valence-electron chi connectivity index (χ3n) is 6.10. The van der Waals surface area contributed by atoms with Crippen LogP contribution in [0.3, 0.4) is 0 Å². The molecule has 31 heavy (non-hydrogen) atoms. The van der Waals surface area contributed by atoms with Crippen LogP contribution < -0.4 is 4.90 Å². The number of rotatable bonds is 4. The molecule has 1 aliphatic carbocycles. The molecular formula is C27H24BrN3. The highest BCUT2D eigenvalue weighted by Crippen LogP contribution is 2.41. The van der Waals surface area contributed by atoms with E-state index in [1.165, 1.54) is 33.4 Å². The highest BCUT2D eigenvalue weighted by Gasteiger charge is 2.24. The summed E-state index contributed by atoms with van der Waals surface area (Å²) in [5.74, 6) is 0.413. The van der Waals surface area contributed by atoms with Crippen molar-refractivity contribution < 1.29 is 0 Å². The molecule has 0 amide bonds. The summed E-state index contributed by atoms with van der Waals surface area (Å²) in [5, 5.41) is 2.54. The second-order valence-electron chi connectivity index (χ2n) is 8.05. The summed E-state index contributed by atoms with van der Waals surface area (Å²) in [7, 11) is 0. The summed E-state index contributed by atoms with van der Waals surface area (Å²) >= 11 is 3.38. The Labute approximate surface area is 191 Å². The lowest BCUT2D eigenvalue weighted by molar-refractivity contribution is 0.577. The number of halogens is 1. The van der Waals surface area contributed by atoms with Crippen LogP contribution in [0.5, 0.6) is 0 Å². The number of anilines is 2. The van der Waals surface area contributed by atoms with Crippen molar-refractivity contribution >= 4 is 38.1 Å². The Morgan fingerprint density at radius 3 is 2.42 bits per heavy atom. The zero-order valence-electron chi connectivity index (χ0n) is 17.5. The Kier molecular flexibility index (Phi) is 5.56. The zero-order chi connectivity index (χ0) is 21.2. The summed E-state index contributed by atoms with van der Waals surface area (Å²) < 4.78 is 0.782. The second-order valence-corrected chi connectivity index (χ2v) is 8.86. The van der Waals surface area contributed by atoms with Crippen LogP contribution >= 0.6 is 15.9 Å². The van der Waals surface area contributed by atoms with E-state index in [0.717, 1.165) is 29.6 Å². The minimum absolute atomic E-state index is 0.413. The Morgan fingerprint density at radius 1 is 0.871 bits per heavy atom. The molecule has 3 aromatic carbocycles. The number of aromatic nitrogens is 2. The van der Waals surface area contributed by atoms with Crippen molar-refractivity contribution in [1.82, 2.24) is 9.97 Å². The van der Waals surface area contributed by atoms with E-state index < -0.39 is 0 Å². The van der Waals surface area contributed by atoms with Crippen molar-refractivity contribution in [1.29, 1.82) is 0 Å². The lowest BCUT2D eigenvalue weighted by Gasteiger charge is -2.33. The Bertz CT molecular complexity index is 1240. The van der Waals surface area contributed by atoms with Gasteiger partial charge in [0, 0.05) is 22.7 Å². The third-order valence-corrected chi connectivity index (χ3v) is 6.51. The molecule has 1 aliphatic rings. The molecule has 3 nitrogen and oxygen atoms in total. The van der Waals surface area contributed by atoms with Crippen LogP contribution in [0, 0.1) is 6.92 Å². The highest BCUT2D eigenvalue weighted by molar-refractivity contribution is 9.10. The molecule has 0 aliphatic heterocycles. The van der Waals surface area contributed by atoms with E-state index in [0.29, 0.717) is 5.92 Å². The van der Waals surface area contributed by atoms with Crippen LogP contribution in [0.4, 0.5) is 11.4 Å². The summed E-state index contributed by atoms with van der Waals surface area (Å²) in [6.45, 7) is 2.19. The maximum absolute atomic E-state index is 4.59. The Morgan fingerprint density at radius 2 is 1.65 bits per heavy atom. The van der Waals surface area contributed by atoms with Gasteiger partial charge in [0.15, 0.2) is 0 Å². The number of benzene rings is 3. The molecule has 154 valence electrons. The first-order chi connectivity index (χ1) is 15.2. The molecule has 1 unspecified atom stereocenters. The van der Waals surface area contributed by atoms with Gasteiger partial charge in [-0.25, -0.2) is 4.98 Å². The second kappa shape index (κ2) is 8.64. The molecule has 4 aromatic rings. The largest absolute Gasteiger partial charge is 0.314 e. The molecule has 4 heteroatoms. The fourth-order valence-electron chi connectivity index (χ4n) is 4.48. The van der Waals surface area contributed by atoms with Gasteiger partial charge in [-0.05, 0) is 65.2 Å². The van der Waals surface area contributed by atoms with Crippen LogP contribution in [0.2, 0.25) is 0 Å². The predicted octanol–water partition coefficient (Wildman–Crippen LogP) is 7.69. The molecule has 5 rings (SSSR count). The van der Waals surface area contributed by atoms with Gasteiger partial charge in [0.05, 0.1) is 23.8 Å². The lowest BCUT2D eigenvalue weighted by atomic mass is 9.89. The molecule has 0 saturated carbocycles. The first kappa shape index (κ1) is 20.0. The molecule has 0 radical (unpaired) electrons. The van der Waals surface area contributed by atoms with Crippen molar-refractivity contribution in [3.05, 3.63) is 107 Å². The van der Waals surface area contributed by atoms with Gasteiger partial charge >= 0.3 is 0 Å². The normalized spacial score (nSPS) is 16.2. The molecule has 0 N–H and O–H groups in total. The quantitative estimate of drug-likeness (QED) is 0.306. The number of fused-ring (bicyclic) bond motifs is 1. The molecule has 1 atom stereocenters.